The average Bonchev–Trinajstić information content (AvgIpc) is 2.69. The summed E-state index contributed by atoms with van der Waals surface area (Å²) in [5.74, 6) is 0.168. The van der Waals surface area contributed by atoms with Gasteiger partial charge in [0.05, 0.1) is 6.04 Å². The summed E-state index contributed by atoms with van der Waals surface area (Å²) >= 11 is 6.13. The van der Waals surface area contributed by atoms with Gasteiger partial charge in [-0.2, -0.15) is 0 Å². The van der Waals surface area contributed by atoms with E-state index in [9.17, 15) is 4.79 Å². The van der Waals surface area contributed by atoms with Crippen LogP contribution in [-0.2, 0) is 11.3 Å². The first-order valence-corrected chi connectivity index (χ1v) is 7.28. The van der Waals surface area contributed by atoms with Crippen LogP contribution in [0.4, 0.5) is 0 Å². The maximum absolute atomic E-state index is 12.4. The lowest BCUT2D eigenvalue weighted by atomic mass is 10.1. The summed E-state index contributed by atoms with van der Waals surface area (Å²) in [6.45, 7) is 1.51. The molecule has 1 atom stereocenters. The van der Waals surface area contributed by atoms with Gasteiger partial charge in [-0.1, -0.05) is 42.6 Å². The zero-order valence-corrected chi connectivity index (χ0v) is 12.1. The number of amides is 1. The Hall–Kier alpha value is -1.06. The number of nitrogens with one attached hydrogen (secondary N) is 1. The van der Waals surface area contributed by atoms with Crippen LogP contribution in [0.25, 0.3) is 0 Å². The second kappa shape index (κ2) is 6.92. The Morgan fingerprint density at radius 1 is 1.37 bits per heavy atom. The second-order valence-electron chi connectivity index (χ2n) is 5.14. The summed E-state index contributed by atoms with van der Waals surface area (Å²) in [4.78, 5) is 14.2. The lowest BCUT2D eigenvalue weighted by Gasteiger charge is -2.24. The maximum atomic E-state index is 12.4. The van der Waals surface area contributed by atoms with Crippen molar-refractivity contribution in [3.05, 3.63) is 34.9 Å². The molecule has 1 aromatic rings. The maximum Gasteiger partial charge on any atom is 0.239 e. The quantitative estimate of drug-likeness (QED) is 0.923. The minimum atomic E-state index is -0.0324. The third kappa shape index (κ3) is 3.95. The average molecular weight is 281 g/mol. The topological polar surface area (TPSA) is 32.3 Å². The van der Waals surface area contributed by atoms with E-state index < -0.39 is 0 Å². The number of nitrogens with zero attached hydrogens (tertiary/aromatic N) is 1. The third-order valence-electron chi connectivity index (χ3n) is 3.60. The molecular formula is C15H21ClN2O. The SMILES string of the molecule is CN(Cc1ccccc1Cl)C(=O)C1CCCCCN1. The number of likely N-dealkylation sites (N-methyl/N-ethyl adjacent to an activating group) is 1. The molecule has 0 aromatic heterocycles. The van der Waals surface area contributed by atoms with Gasteiger partial charge in [-0.15, -0.1) is 0 Å². The van der Waals surface area contributed by atoms with E-state index in [2.05, 4.69) is 5.32 Å². The minimum absolute atomic E-state index is 0.0324. The first kappa shape index (κ1) is 14.4. The van der Waals surface area contributed by atoms with Crippen molar-refractivity contribution < 1.29 is 4.79 Å². The Labute approximate surface area is 119 Å². The van der Waals surface area contributed by atoms with Crippen molar-refractivity contribution >= 4 is 17.5 Å². The molecule has 1 heterocycles. The van der Waals surface area contributed by atoms with Crippen LogP contribution in [-0.4, -0.2) is 30.4 Å². The normalized spacial score (nSPS) is 19.8. The summed E-state index contributed by atoms with van der Waals surface area (Å²) in [6.07, 6.45) is 4.44. The van der Waals surface area contributed by atoms with Crippen LogP contribution >= 0.6 is 11.6 Å². The van der Waals surface area contributed by atoms with Crippen molar-refractivity contribution in [3.8, 4) is 0 Å². The number of rotatable bonds is 3. The number of halogens is 1. The Balaban J connectivity index is 1.97. The van der Waals surface area contributed by atoms with Gasteiger partial charge in [0.2, 0.25) is 5.91 Å². The molecule has 0 bridgehead atoms. The molecule has 1 fully saturated rings. The fourth-order valence-corrected chi connectivity index (χ4v) is 2.66. The monoisotopic (exact) mass is 280 g/mol. The number of carbonyl (C=O) groups excluding carboxylic acids is 1. The van der Waals surface area contributed by atoms with Gasteiger partial charge in [0.1, 0.15) is 0 Å². The molecule has 3 nitrogen and oxygen atoms in total. The van der Waals surface area contributed by atoms with Crippen LogP contribution in [0.5, 0.6) is 0 Å². The van der Waals surface area contributed by atoms with Gasteiger partial charge < -0.3 is 10.2 Å². The Kier molecular flexibility index (Phi) is 5.23. The van der Waals surface area contributed by atoms with Gasteiger partial charge in [-0.25, -0.2) is 0 Å². The highest BCUT2D eigenvalue weighted by atomic mass is 35.5. The van der Waals surface area contributed by atoms with Gasteiger partial charge in [0.15, 0.2) is 0 Å². The highest BCUT2D eigenvalue weighted by Gasteiger charge is 2.22. The van der Waals surface area contributed by atoms with Gasteiger partial charge in [0.25, 0.3) is 0 Å². The molecule has 0 saturated carbocycles. The van der Waals surface area contributed by atoms with Crippen molar-refractivity contribution in [2.45, 2.75) is 38.3 Å². The summed E-state index contributed by atoms with van der Waals surface area (Å²) in [6, 6.07) is 7.64. The molecule has 1 saturated heterocycles. The first-order valence-electron chi connectivity index (χ1n) is 6.90. The molecule has 4 heteroatoms. The van der Waals surface area contributed by atoms with Crippen molar-refractivity contribution in [3.63, 3.8) is 0 Å². The third-order valence-corrected chi connectivity index (χ3v) is 3.97. The van der Waals surface area contributed by atoms with Crippen LogP contribution in [0.2, 0.25) is 5.02 Å². The molecule has 2 rings (SSSR count). The highest BCUT2D eigenvalue weighted by molar-refractivity contribution is 6.31. The van der Waals surface area contributed by atoms with Crippen molar-refractivity contribution in [2.75, 3.05) is 13.6 Å². The fraction of sp³-hybridized carbons (Fsp3) is 0.533. The molecule has 0 radical (unpaired) electrons. The molecule has 1 aliphatic heterocycles. The zero-order valence-electron chi connectivity index (χ0n) is 11.4. The first-order chi connectivity index (χ1) is 9.18. The van der Waals surface area contributed by atoms with E-state index in [0.717, 1.165) is 36.4 Å². The van der Waals surface area contributed by atoms with E-state index >= 15 is 0 Å². The van der Waals surface area contributed by atoms with Crippen molar-refractivity contribution in [1.29, 1.82) is 0 Å². The van der Waals surface area contributed by atoms with Gasteiger partial charge in [0, 0.05) is 18.6 Å². The molecule has 1 amide bonds. The molecule has 0 spiro atoms. The predicted molar refractivity (Wildman–Crippen MR) is 78.2 cm³/mol. The number of benzene rings is 1. The molecule has 19 heavy (non-hydrogen) atoms. The van der Waals surface area contributed by atoms with Crippen LogP contribution in [0.1, 0.15) is 31.2 Å². The lowest BCUT2D eigenvalue weighted by molar-refractivity contribution is -0.132. The van der Waals surface area contributed by atoms with Gasteiger partial charge >= 0.3 is 0 Å². The standard InChI is InChI=1S/C15H21ClN2O/c1-18(11-12-7-4-5-8-13(12)16)15(19)14-9-3-2-6-10-17-14/h4-5,7-8,14,17H,2-3,6,9-11H2,1H3. The molecule has 104 valence electrons. The molecule has 0 aliphatic carbocycles. The van der Waals surface area contributed by atoms with Crippen LogP contribution in [0, 0.1) is 0 Å². The molecular weight excluding hydrogens is 260 g/mol. The van der Waals surface area contributed by atoms with Crippen molar-refractivity contribution in [1.82, 2.24) is 10.2 Å². The highest BCUT2D eigenvalue weighted by Crippen LogP contribution is 2.17. The van der Waals surface area contributed by atoms with Crippen LogP contribution in [0.15, 0.2) is 24.3 Å². The largest absolute Gasteiger partial charge is 0.340 e. The van der Waals surface area contributed by atoms with Gasteiger partial charge in [-0.05, 0) is 31.0 Å². The summed E-state index contributed by atoms with van der Waals surface area (Å²) in [7, 11) is 1.85. The Morgan fingerprint density at radius 2 is 2.16 bits per heavy atom. The van der Waals surface area contributed by atoms with Crippen LogP contribution < -0.4 is 5.32 Å². The van der Waals surface area contributed by atoms with E-state index in [4.69, 9.17) is 11.6 Å². The number of hydrogen-bond acceptors (Lipinski definition) is 2. The Morgan fingerprint density at radius 3 is 2.95 bits per heavy atom. The van der Waals surface area contributed by atoms with E-state index in [1.165, 1.54) is 6.42 Å². The van der Waals surface area contributed by atoms with Crippen LogP contribution in [0.3, 0.4) is 0 Å². The van der Waals surface area contributed by atoms with E-state index in [1.54, 1.807) is 4.90 Å². The van der Waals surface area contributed by atoms with Gasteiger partial charge in [-0.3, -0.25) is 4.79 Å². The summed E-state index contributed by atoms with van der Waals surface area (Å²) < 4.78 is 0. The van der Waals surface area contributed by atoms with Crippen molar-refractivity contribution in [2.24, 2.45) is 0 Å². The number of carbonyl (C=O) groups is 1. The molecule has 1 aromatic carbocycles. The van der Waals surface area contributed by atoms with E-state index in [1.807, 2.05) is 31.3 Å². The smallest absolute Gasteiger partial charge is 0.239 e. The molecule has 1 aliphatic rings. The molecule has 1 N–H and O–H groups in total. The number of hydrogen-bond donors (Lipinski definition) is 1. The lowest BCUT2D eigenvalue weighted by Crippen LogP contribution is -2.44. The predicted octanol–water partition coefficient (Wildman–Crippen LogP) is 2.83. The fourth-order valence-electron chi connectivity index (χ4n) is 2.47. The molecule has 1 unspecified atom stereocenters. The van der Waals surface area contributed by atoms with E-state index in [-0.39, 0.29) is 11.9 Å². The second-order valence-corrected chi connectivity index (χ2v) is 5.55. The summed E-state index contributed by atoms with van der Waals surface area (Å²) in [5.41, 5.74) is 0.994. The zero-order chi connectivity index (χ0) is 13.7. The Bertz CT molecular complexity index is 428. The van der Waals surface area contributed by atoms with E-state index in [0.29, 0.717) is 6.54 Å². The minimum Gasteiger partial charge on any atom is -0.340 e. The summed E-state index contributed by atoms with van der Waals surface area (Å²) in [5, 5.41) is 4.06.